The van der Waals surface area contributed by atoms with Crippen molar-refractivity contribution >= 4 is 17.8 Å². The van der Waals surface area contributed by atoms with Crippen LogP contribution < -0.4 is 5.32 Å². The summed E-state index contributed by atoms with van der Waals surface area (Å²) in [6.07, 6.45) is 3.96. The number of carbonyl (C=O) groups excluding carboxylic acids is 2. The minimum atomic E-state index is -0.319. The summed E-state index contributed by atoms with van der Waals surface area (Å²) in [7, 11) is 1.76. The number of amides is 3. The van der Waals surface area contributed by atoms with E-state index in [1.807, 2.05) is 16.7 Å². The van der Waals surface area contributed by atoms with Crippen molar-refractivity contribution in [3.05, 3.63) is 29.2 Å². The summed E-state index contributed by atoms with van der Waals surface area (Å²) >= 11 is 0. The Hall–Kier alpha value is -2.92. The van der Waals surface area contributed by atoms with Crippen molar-refractivity contribution in [2.75, 3.05) is 38.2 Å². The van der Waals surface area contributed by atoms with Gasteiger partial charge in [0.25, 0.3) is 5.91 Å². The highest BCUT2D eigenvalue weighted by atomic mass is 16.5. The van der Waals surface area contributed by atoms with Crippen molar-refractivity contribution < 1.29 is 14.3 Å². The maximum absolute atomic E-state index is 13.7. The van der Waals surface area contributed by atoms with E-state index in [4.69, 9.17) is 4.74 Å². The number of nitrogens with zero attached hydrogens (tertiary/aromatic N) is 6. The summed E-state index contributed by atoms with van der Waals surface area (Å²) in [6.45, 7) is 11.2. The lowest BCUT2D eigenvalue weighted by molar-refractivity contribution is 0.0127. The molecule has 5 rings (SSSR count). The van der Waals surface area contributed by atoms with Crippen LogP contribution in [0, 0.1) is 5.92 Å². The summed E-state index contributed by atoms with van der Waals surface area (Å²) < 4.78 is 7.10. The molecule has 0 aromatic carbocycles. The van der Waals surface area contributed by atoms with Crippen LogP contribution in [0.1, 0.15) is 68.8 Å². The van der Waals surface area contributed by atoms with Gasteiger partial charge in [-0.25, -0.2) is 4.79 Å². The van der Waals surface area contributed by atoms with Crippen LogP contribution in [0.3, 0.4) is 0 Å². The molecular formula is C25H40N8O3. The average Bonchev–Trinajstić information content (AvgIpc) is 3.53. The Kier molecular flexibility index (Phi) is 7.70. The fourth-order valence-corrected chi connectivity index (χ4v) is 5.54. The molecule has 5 heterocycles. The third-order valence-corrected chi connectivity index (χ3v) is 7.73. The van der Waals surface area contributed by atoms with Gasteiger partial charge in [0.15, 0.2) is 11.5 Å². The molecule has 3 aliphatic rings. The Morgan fingerprint density at radius 2 is 1.89 bits per heavy atom. The summed E-state index contributed by atoms with van der Waals surface area (Å²) in [5, 5.41) is 14.3. The molecule has 3 aliphatic heterocycles. The van der Waals surface area contributed by atoms with Crippen molar-refractivity contribution in [2.24, 2.45) is 13.0 Å². The fourth-order valence-electron chi connectivity index (χ4n) is 5.54. The Morgan fingerprint density at radius 3 is 2.58 bits per heavy atom. The molecule has 11 nitrogen and oxygen atoms in total. The number of ether oxygens (including phenoxy) is 1. The number of fused-ring (bicyclic) bond motifs is 1. The molecule has 2 aromatic heterocycles. The molecule has 198 valence electrons. The molecule has 3 amide bonds. The summed E-state index contributed by atoms with van der Waals surface area (Å²) in [5.41, 5.74) is 2.05. The second-order valence-electron chi connectivity index (χ2n) is 10.2. The van der Waals surface area contributed by atoms with Crippen molar-refractivity contribution in [3.63, 3.8) is 0 Å². The molecule has 36 heavy (non-hydrogen) atoms. The zero-order chi connectivity index (χ0) is 24.7. The van der Waals surface area contributed by atoms with E-state index in [1.54, 1.807) is 24.0 Å². The summed E-state index contributed by atoms with van der Waals surface area (Å²) in [5.74, 6) is 0.817. The number of urea groups is 1. The van der Waals surface area contributed by atoms with E-state index in [2.05, 4.69) is 39.4 Å². The van der Waals surface area contributed by atoms with Crippen LogP contribution in [0.2, 0.25) is 0 Å². The lowest BCUT2D eigenvalue weighted by atomic mass is 9.97. The first-order chi connectivity index (χ1) is 16.8. The number of rotatable bonds is 4. The van der Waals surface area contributed by atoms with Gasteiger partial charge in [-0.3, -0.25) is 19.5 Å². The number of nitrogens with one attached hydrogen (secondary N) is 2. The van der Waals surface area contributed by atoms with Gasteiger partial charge in [-0.2, -0.15) is 10.2 Å². The highest BCUT2D eigenvalue weighted by Crippen LogP contribution is 2.37. The maximum Gasteiger partial charge on any atom is 0.321 e. The summed E-state index contributed by atoms with van der Waals surface area (Å²) in [4.78, 5) is 32.7. The van der Waals surface area contributed by atoms with Crippen LogP contribution in [0.15, 0.2) is 12.3 Å². The Bertz CT molecular complexity index is 1080. The second kappa shape index (κ2) is 10.6. The van der Waals surface area contributed by atoms with Crippen molar-refractivity contribution in [2.45, 2.75) is 65.7 Å². The molecule has 2 saturated heterocycles. The van der Waals surface area contributed by atoms with Crippen LogP contribution in [-0.2, 0) is 18.3 Å². The predicted molar refractivity (Wildman–Crippen MR) is 137 cm³/mol. The summed E-state index contributed by atoms with van der Waals surface area (Å²) in [6, 6.07) is 1.99. The molecule has 11 heteroatoms. The fraction of sp³-hybridized carbons (Fsp3) is 0.680. The minimum Gasteiger partial charge on any atom is -0.381 e. The molecule has 0 spiro atoms. The van der Waals surface area contributed by atoms with Crippen LogP contribution in [0.4, 0.5) is 10.6 Å². The van der Waals surface area contributed by atoms with Crippen molar-refractivity contribution in [3.8, 4) is 0 Å². The zero-order valence-corrected chi connectivity index (χ0v) is 21.0. The van der Waals surface area contributed by atoms with Crippen LogP contribution in [0.25, 0.3) is 0 Å². The van der Waals surface area contributed by atoms with E-state index in [-0.39, 0.29) is 31.4 Å². The van der Waals surface area contributed by atoms with E-state index in [1.165, 1.54) is 0 Å². The Labute approximate surface area is 213 Å². The van der Waals surface area contributed by atoms with Gasteiger partial charge in [-0.15, -0.1) is 0 Å². The first-order valence-corrected chi connectivity index (χ1v) is 12.6. The number of aromatic amines is 1. The second-order valence-corrected chi connectivity index (χ2v) is 10.2. The van der Waals surface area contributed by atoms with Gasteiger partial charge in [-0.05, 0) is 45.6 Å². The van der Waals surface area contributed by atoms with Gasteiger partial charge in [0, 0.05) is 63.7 Å². The van der Waals surface area contributed by atoms with Gasteiger partial charge in [0.2, 0.25) is 0 Å². The lowest BCUT2D eigenvalue weighted by Gasteiger charge is -2.46. The monoisotopic (exact) mass is 500 g/mol. The van der Waals surface area contributed by atoms with Gasteiger partial charge in [-0.1, -0.05) is 7.43 Å². The number of H-pyrrole nitrogens is 1. The molecule has 0 saturated carbocycles. The highest BCUT2D eigenvalue weighted by molar-refractivity contribution is 6.02. The molecule has 1 unspecified atom stereocenters. The van der Waals surface area contributed by atoms with Crippen LogP contribution in [0.5, 0.6) is 0 Å². The molecule has 0 bridgehead atoms. The molecule has 2 aromatic rings. The van der Waals surface area contributed by atoms with E-state index in [0.29, 0.717) is 36.6 Å². The molecule has 2 fully saturated rings. The van der Waals surface area contributed by atoms with Crippen molar-refractivity contribution in [1.29, 1.82) is 0 Å². The maximum atomic E-state index is 13.7. The number of carbonyl (C=O) groups is 2. The first kappa shape index (κ1) is 26.2. The number of piperazine rings is 1. The molecule has 0 aliphatic carbocycles. The third kappa shape index (κ3) is 4.99. The average molecular weight is 501 g/mol. The topological polar surface area (TPSA) is 112 Å². The van der Waals surface area contributed by atoms with Crippen LogP contribution in [-0.4, -0.2) is 91.5 Å². The molecule has 3 atom stereocenters. The van der Waals surface area contributed by atoms with E-state index < -0.39 is 0 Å². The van der Waals surface area contributed by atoms with E-state index in [0.717, 1.165) is 50.4 Å². The number of hydrogen-bond donors (Lipinski definition) is 2. The van der Waals surface area contributed by atoms with Gasteiger partial charge in [0.05, 0.1) is 18.3 Å². The molecule has 0 radical (unpaired) electrons. The van der Waals surface area contributed by atoms with Gasteiger partial charge in [0.1, 0.15) is 0 Å². The van der Waals surface area contributed by atoms with E-state index in [9.17, 15) is 9.59 Å². The number of aromatic nitrogens is 4. The first-order valence-electron chi connectivity index (χ1n) is 12.6. The van der Waals surface area contributed by atoms with Crippen LogP contribution >= 0.6 is 0 Å². The predicted octanol–water partition coefficient (Wildman–Crippen LogP) is 2.85. The Morgan fingerprint density at radius 1 is 1.14 bits per heavy atom. The SMILES string of the molecule is C.CC1c2[nH]nc(NC(=O)c3ccn(C)n3)c2CN1C(=O)N1C[C@@H](C)N(CC2CCOCC2)C[C@@H]1C. The van der Waals surface area contributed by atoms with Gasteiger partial charge < -0.3 is 19.9 Å². The zero-order valence-electron chi connectivity index (χ0n) is 21.0. The normalized spacial score (nSPS) is 24.9. The van der Waals surface area contributed by atoms with Crippen molar-refractivity contribution in [1.82, 2.24) is 34.7 Å². The Balaban J connectivity index is 0.00000304. The highest BCUT2D eigenvalue weighted by Gasteiger charge is 2.41. The largest absolute Gasteiger partial charge is 0.381 e. The number of anilines is 1. The lowest BCUT2D eigenvalue weighted by Crippen LogP contribution is -2.60. The van der Waals surface area contributed by atoms with Gasteiger partial charge >= 0.3 is 6.03 Å². The number of hydrogen-bond acceptors (Lipinski definition) is 6. The minimum absolute atomic E-state index is 0. The molecular weight excluding hydrogens is 460 g/mol. The van der Waals surface area contributed by atoms with E-state index >= 15 is 0 Å². The quantitative estimate of drug-likeness (QED) is 0.668. The smallest absolute Gasteiger partial charge is 0.321 e. The number of aryl methyl sites for hydroxylation is 1. The standard InChI is InChI=1S/C24H36N8O3.CH4/c1-15-12-31(16(2)11-30(15)13-18-6-9-35-10-7-18)24(34)32-14-19-21(17(32)3)26-27-22(19)25-23(33)20-5-8-29(4)28-20;/h5,8,15-18H,6-7,9-14H2,1-4H3,(H2,25,26,27,33);1H4/t15-,16+,17?;/m1./s1. The molecule has 2 N–H and O–H groups in total. The third-order valence-electron chi connectivity index (χ3n) is 7.73.